The second-order valence-corrected chi connectivity index (χ2v) is 7.63. The third-order valence-electron chi connectivity index (χ3n) is 2.67. The average molecular weight is 288 g/mol. The maximum absolute atomic E-state index is 5.99. The molecule has 18 heavy (non-hydrogen) atoms. The highest BCUT2D eigenvalue weighted by molar-refractivity contribution is 6.34. The van der Waals surface area contributed by atoms with Crippen molar-refractivity contribution in [3.05, 3.63) is 33.8 Å². The highest BCUT2D eigenvalue weighted by Crippen LogP contribution is 2.27. The van der Waals surface area contributed by atoms with Gasteiger partial charge in [-0.1, -0.05) is 44.0 Å². The summed E-state index contributed by atoms with van der Waals surface area (Å²) in [4.78, 5) is 0. The van der Waals surface area contributed by atoms with Gasteiger partial charge in [0.1, 0.15) is 0 Å². The molecule has 0 bridgehead atoms. The number of halogens is 2. The average Bonchev–Trinajstić information content (AvgIpc) is 2.09. The molecule has 0 aliphatic rings. The van der Waals surface area contributed by atoms with Crippen LogP contribution < -0.4 is 5.32 Å². The third-order valence-corrected chi connectivity index (χ3v) is 3.10. The first-order chi connectivity index (χ1) is 8.07. The fourth-order valence-electron chi connectivity index (χ4n) is 2.44. The smallest absolute Gasteiger partial charge is 0.0424 e. The number of hydrogen-bond donors (Lipinski definition) is 1. The fourth-order valence-corrected chi connectivity index (χ4v) is 3.01. The molecule has 0 saturated heterocycles. The van der Waals surface area contributed by atoms with Crippen molar-refractivity contribution in [2.45, 2.75) is 53.1 Å². The Kier molecular flexibility index (Phi) is 5.11. The summed E-state index contributed by atoms with van der Waals surface area (Å²) in [5.41, 5.74) is 1.52. The highest BCUT2D eigenvalue weighted by Gasteiger charge is 2.24. The van der Waals surface area contributed by atoms with Crippen molar-refractivity contribution in [2.75, 3.05) is 0 Å². The minimum absolute atomic E-state index is 0.0903. The molecule has 3 heteroatoms. The molecule has 0 unspecified atom stereocenters. The van der Waals surface area contributed by atoms with E-state index in [1.165, 1.54) is 0 Å². The van der Waals surface area contributed by atoms with Crippen molar-refractivity contribution in [1.29, 1.82) is 0 Å². The van der Waals surface area contributed by atoms with Gasteiger partial charge in [0.25, 0.3) is 0 Å². The quantitative estimate of drug-likeness (QED) is 0.793. The standard InChI is InChI=1S/C15H23Cl2N/c1-14(2,3)10-15(4,5)18-9-11-6-12(16)8-13(17)7-11/h6-8,18H,9-10H2,1-5H3. The molecule has 102 valence electrons. The van der Waals surface area contributed by atoms with E-state index < -0.39 is 0 Å². The molecule has 1 aromatic rings. The molecule has 0 aliphatic carbocycles. The zero-order valence-corrected chi connectivity index (χ0v) is 13.4. The van der Waals surface area contributed by atoms with Crippen molar-refractivity contribution in [3.8, 4) is 0 Å². The maximum atomic E-state index is 5.99. The molecular formula is C15H23Cl2N. The van der Waals surface area contributed by atoms with E-state index >= 15 is 0 Å². The van der Waals surface area contributed by atoms with Gasteiger partial charge in [-0.05, 0) is 49.4 Å². The third kappa shape index (κ3) is 6.08. The van der Waals surface area contributed by atoms with E-state index in [0.717, 1.165) is 18.5 Å². The predicted octanol–water partition coefficient (Wildman–Crippen LogP) is 5.30. The van der Waals surface area contributed by atoms with Crippen LogP contribution in [-0.2, 0) is 6.54 Å². The van der Waals surface area contributed by atoms with Gasteiger partial charge >= 0.3 is 0 Å². The molecule has 0 heterocycles. The summed E-state index contributed by atoms with van der Waals surface area (Å²) in [7, 11) is 0. The summed E-state index contributed by atoms with van der Waals surface area (Å²) in [5.74, 6) is 0. The van der Waals surface area contributed by atoms with E-state index in [-0.39, 0.29) is 5.54 Å². The second-order valence-electron chi connectivity index (χ2n) is 6.75. The zero-order valence-electron chi connectivity index (χ0n) is 11.9. The number of benzene rings is 1. The molecule has 0 atom stereocenters. The summed E-state index contributed by atoms with van der Waals surface area (Å²) in [6.45, 7) is 12.0. The van der Waals surface area contributed by atoms with E-state index in [9.17, 15) is 0 Å². The van der Waals surface area contributed by atoms with Crippen LogP contribution in [0.15, 0.2) is 18.2 Å². The summed E-state index contributed by atoms with van der Waals surface area (Å²) in [6.07, 6.45) is 1.11. The molecule has 0 aromatic heterocycles. The van der Waals surface area contributed by atoms with Crippen molar-refractivity contribution in [3.63, 3.8) is 0 Å². The fraction of sp³-hybridized carbons (Fsp3) is 0.600. The Bertz CT molecular complexity index is 385. The molecule has 0 radical (unpaired) electrons. The Morgan fingerprint density at radius 3 is 1.89 bits per heavy atom. The largest absolute Gasteiger partial charge is 0.308 e. The topological polar surface area (TPSA) is 12.0 Å². The van der Waals surface area contributed by atoms with Crippen LogP contribution in [0.5, 0.6) is 0 Å². The normalized spacial score (nSPS) is 12.8. The second kappa shape index (κ2) is 5.81. The Labute approximate surface area is 121 Å². The molecule has 0 spiro atoms. The van der Waals surface area contributed by atoms with Crippen LogP contribution in [0.2, 0.25) is 10.0 Å². The molecule has 1 aromatic carbocycles. The SMILES string of the molecule is CC(C)(C)CC(C)(C)NCc1cc(Cl)cc(Cl)c1. The summed E-state index contributed by atoms with van der Waals surface area (Å²) >= 11 is 12.0. The Morgan fingerprint density at radius 2 is 1.44 bits per heavy atom. The summed E-state index contributed by atoms with van der Waals surface area (Å²) in [5, 5.41) is 4.94. The molecule has 1 N–H and O–H groups in total. The first-order valence-corrected chi connectivity index (χ1v) is 7.03. The van der Waals surface area contributed by atoms with Crippen LogP contribution in [0.4, 0.5) is 0 Å². The number of nitrogens with one attached hydrogen (secondary N) is 1. The summed E-state index contributed by atoms with van der Waals surface area (Å²) in [6, 6.07) is 5.66. The van der Waals surface area contributed by atoms with Gasteiger partial charge < -0.3 is 5.32 Å². The van der Waals surface area contributed by atoms with E-state index in [4.69, 9.17) is 23.2 Å². The van der Waals surface area contributed by atoms with Gasteiger partial charge in [-0.3, -0.25) is 0 Å². The lowest BCUT2D eigenvalue weighted by molar-refractivity contribution is 0.241. The van der Waals surface area contributed by atoms with Gasteiger partial charge in [-0.25, -0.2) is 0 Å². The van der Waals surface area contributed by atoms with E-state index in [0.29, 0.717) is 15.5 Å². The molecule has 0 fully saturated rings. The van der Waals surface area contributed by atoms with Gasteiger partial charge in [0.05, 0.1) is 0 Å². The minimum Gasteiger partial charge on any atom is -0.308 e. The maximum Gasteiger partial charge on any atom is 0.0424 e. The van der Waals surface area contributed by atoms with Crippen molar-refractivity contribution < 1.29 is 0 Å². The van der Waals surface area contributed by atoms with Gasteiger partial charge in [0, 0.05) is 22.1 Å². The predicted molar refractivity (Wildman–Crippen MR) is 81.5 cm³/mol. The van der Waals surface area contributed by atoms with Gasteiger partial charge in [0.15, 0.2) is 0 Å². The van der Waals surface area contributed by atoms with E-state index in [2.05, 4.69) is 39.9 Å². The van der Waals surface area contributed by atoms with Gasteiger partial charge in [-0.2, -0.15) is 0 Å². The molecular weight excluding hydrogens is 265 g/mol. The van der Waals surface area contributed by atoms with Crippen LogP contribution >= 0.6 is 23.2 Å². The van der Waals surface area contributed by atoms with E-state index in [1.54, 1.807) is 6.07 Å². The zero-order chi connectivity index (χ0) is 14.0. The number of hydrogen-bond acceptors (Lipinski definition) is 1. The lowest BCUT2D eigenvalue weighted by Crippen LogP contribution is -2.41. The first-order valence-electron chi connectivity index (χ1n) is 6.27. The monoisotopic (exact) mass is 287 g/mol. The molecule has 0 amide bonds. The summed E-state index contributed by atoms with van der Waals surface area (Å²) < 4.78 is 0. The number of rotatable bonds is 4. The van der Waals surface area contributed by atoms with Crippen molar-refractivity contribution >= 4 is 23.2 Å². The lowest BCUT2D eigenvalue weighted by Gasteiger charge is -2.33. The molecule has 1 rings (SSSR count). The van der Waals surface area contributed by atoms with Gasteiger partial charge in [0.2, 0.25) is 0 Å². The highest BCUT2D eigenvalue weighted by atomic mass is 35.5. The van der Waals surface area contributed by atoms with Crippen LogP contribution in [0.25, 0.3) is 0 Å². The van der Waals surface area contributed by atoms with Crippen molar-refractivity contribution in [2.24, 2.45) is 5.41 Å². The molecule has 1 nitrogen and oxygen atoms in total. The lowest BCUT2D eigenvalue weighted by atomic mass is 9.82. The van der Waals surface area contributed by atoms with Crippen LogP contribution in [0, 0.1) is 5.41 Å². The van der Waals surface area contributed by atoms with Crippen LogP contribution in [-0.4, -0.2) is 5.54 Å². The van der Waals surface area contributed by atoms with Crippen LogP contribution in [0.1, 0.15) is 46.6 Å². The Morgan fingerprint density at radius 1 is 0.944 bits per heavy atom. The molecule has 0 saturated carbocycles. The van der Waals surface area contributed by atoms with Crippen LogP contribution in [0.3, 0.4) is 0 Å². The van der Waals surface area contributed by atoms with E-state index in [1.807, 2.05) is 12.1 Å². The molecule has 0 aliphatic heterocycles. The van der Waals surface area contributed by atoms with Gasteiger partial charge in [-0.15, -0.1) is 0 Å². The van der Waals surface area contributed by atoms with Crippen molar-refractivity contribution in [1.82, 2.24) is 5.32 Å². The Balaban J connectivity index is 2.64. The Hall–Kier alpha value is -0.240. The minimum atomic E-state index is 0.0903. The first kappa shape index (κ1) is 15.8.